The second kappa shape index (κ2) is 10.2. The van der Waals surface area contributed by atoms with E-state index < -0.39 is 11.6 Å². The molecule has 4 rings (SSSR count). The van der Waals surface area contributed by atoms with Gasteiger partial charge in [-0.05, 0) is 59.6 Å². The monoisotopic (exact) mass is 446 g/mol. The van der Waals surface area contributed by atoms with Crippen molar-refractivity contribution in [3.8, 4) is 22.3 Å². The fourth-order valence-corrected chi connectivity index (χ4v) is 4.27. The molecule has 0 radical (unpaired) electrons. The van der Waals surface area contributed by atoms with E-state index in [0.717, 1.165) is 43.2 Å². The summed E-state index contributed by atoms with van der Waals surface area (Å²) in [4.78, 5) is 0. The number of benzene rings is 3. The molecule has 1 unspecified atom stereocenters. The van der Waals surface area contributed by atoms with E-state index in [1.165, 1.54) is 5.56 Å². The highest BCUT2D eigenvalue weighted by Gasteiger charge is 2.16. The molecule has 3 aromatic rings. The highest BCUT2D eigenvalue weighted by atomic mass is 19.2. The Bertz CT molecular complexity index is 1170. The zero-order valence-electron chi connectivity index (χ0n) is 19.2. The van der Waals surface area contributed by atoms with Gasteiger partial charge in [-0.3, -0.25) is 0 Å². The van der Waals surface area contributed by atoms with Gasteiger partial charge >= 0.3 is 0 Å². The van der Waals surface area contributed by atoms with Crippen LogP contribution >= 0.6 is 0 Å². The van der Waals surface area contributed by atoms with E-state index in [9.17, 15) is 13.2 Å². The number of hydrogen-bond acceptors (Lipinski definition) is 0. The maximum Gasteiger partial charge on any atom is 0.167 e. The molecular weight excluding hydrogens is 417 g/mol. The smallest absolute Gasteiger partial charge is 0.167 e. The summed E-state index contributed by atoms with van der Waals surface area (Å²) in [5, 5.41) is 0. The van der Waals surface area contributed by atoms with Crippen LogP contribution in [-0.4, -0.2) is 0 Å². The van der Waals surface area contributed by atoms with Crippen molar-refractivity contribution < 1.29 is 13.2 Å². The summed E-state index contributed by atoms with van der Waals surface area (Å²) in [5.74, 6) is -1.75. The van der Waals surface area contributed by atoms with Gasteiger partial charge in [0.25, 0.3) is 0 Å². The Labute approximate surface area is 194 Å². The van der Waals surface area contributed by atoms with Crippen molar-refractivity contribution in [2.45, 2.75) is 46.0 Å². The Hall–Kier alpha value is -3.07. The van der Waals surface area contributed by atoms with E-state index in [1.807, 2.05) is 55.5 Å². The van der Waals surface area contributed by atoms with Crippen LogP contribution < -0.4 is 0 Å². The first-order valence-corrected chi connectivity index (χ1v) is 11.7. The Balaban J connectivity index is 1.48. The number of allylic oxidation sites excluding steroid dienone is 4. The Morgan fingerprint density at radius 2 is 1.21 bits per heavy atom. The van der Waals surface area contributed by atoms with Gasteiger partial charge in [0.05, 0.1) is 0 Å². The minimum atomic E-state index is -0.833. The van der Waals surface area contributed by atoms with E-state index in [1.54, 1.807) is 18.2 Å². The van der Waals surface area contributed by atoms with Crippen LogP contribution in [0.4, 0.5) is 13.2 Å². The first kappa shape index (κ1) is 23.1. The highest BCUT2D eigenvalue weighted by Crippen LogP contribution is 2.32. The van der Waals surface area contributed by atoms with Crippen molar-refractivity contribution in [1.29, 1.82) is 0 Å². The van der Waals surface area contributed by atoms with Gasteiger partial charge in [-0.1, -0.05) is 87.0 Å². The molecular formula is C30H29F3. The molecule has 0 aliphatic heterocycles. The Morgan fingerprint density at radius 3 is 1.70 bits per heavy atom. The molecule has 0 heterocycles. The maximum atomic E-state index is 15.0. The Morgan fingerprint density at radius 1 is 0.697 bits per heavy atom. The molecule has 1 aliphatic carbocycles. The van der Waals surface area contributed by atoms with E-state index in [-0.39, 0.29) is 22.9 Å². The summed E-state index contributed by atoms with van der Waals surface area (Å²) in [6.07, 6.45) is 8.01. The van der Waals surface area contributed by atoms with E-state index in [0.29, 0.717) is 11.1 Å². The van der Waals surface area contributed by atoms with Crippen LogP contribution in [-0.2, 0) is 12.8 Å². The zero-order chi connectivity index (χ0) is 23.4. The van der Waals surface area contributed by atoms with Crippen LogP contribution in [0.2, 0.25) is 0 Å². The van der Waals surface area contributed by atoms with Gasteiger partial charge in [-0.25, -0.2) is 13.2 Å². The predicted molar refractivity (Wildman–Crippen MR) is 131 cm³/mol. The molecule has 0 bridgehead atoms. The SMILES string of the molecule is CCCc1ccc(-c2ccc(-c3ccc(CCC4=CCC(C)C(F)=C4)cc3)c(F)c2F)cc1. The molecule has 0 amide bonds. The quantitative estimate of drug-likeness (QED) is 0.340. The molecule has 0 nitrogen and oxygen atoms in total. The molecule has 0 N–H and O–H groups in total. The third kappa shape index (κ3) is 5.30. The molecule has 0 spiro atoms. The second-order valence-corrected chi connectivity index (χ2v) is 8.88. The molecule has 3 aromatic carbocycles. The molecule has 1 atom stereocenters. The van der Waals surface area contributed by atoms with Crippen LogP contribution in [0.1, 0.15) is 44.2 Å². The summed E-state index contributed by atoms with van der Waals surface area (Å²) < 4.78 is 43.7. The van der Waals surface area contributed by atoms with Crippen molar-refractivity contribution in [2.24, 2.45) is 5.92 Å². The van der Waals surface area contributed by atoms with Gasteiger partial charge in [-0.15, -0.1) is 0 Å². The van der Waals surface area contributed by atoms with Crippen molar-refractivity contribution in [1.82, 2.24) is 0 Å². The second-order valence-electron chi connectivity index (χ2n) is 8.88. The molecule has 0 aromatic heterocycles. The summed E-state index contributed by atoms with van der Waals surface area (Å²) >= 11 is 0. The largest absolute Gasteiger partial charge is 0.212 e. The van der Waals surface area contributed by atoms with E-state index in [2.05, 4.69) is 13.0 Å². The third-order valence-electron chi connectivity index (χ3n) is 6.38. The number of hydrogen-bond donors (Lipinski definition) is 0. The van der Waals surface area contributed by atoms with Crippen LogP contribution in [0.3, 0.4) is 0 Å². The average molecular weight is 447 g/mol. The fourth-order valence-electron chi connectivity index (χ4n) is 4.27. The summed E-state index contributed by atoms with van der Waals surface area (Å²) in [6.45, 7) is 4.00. The first-order valence-electron chi connectivity index (χ1n) is 11.7. The topological polar surface area (TPSA) is 0 Å². The molecule has 170 valence electrons. The minimum Gasteiger partial charge on any atom is -0.212 e. The highest BCUT2D eigenvalue weighted by molar-refractivity contribution is 5.72. The lowest BCUT2D eigenvalue weighted by Crippen LogP contribution is -2.01. The number of rotatable bonds is 7. The van der Waals surface area contributed by atoms with Gasteiger partial charge in [0.2, 0.25) is 0 Å². The maximum absolute atomic E-state index is 15.0. The van der Waals surface area contributed by atoms with Crippen molar-refractivity contribution in [3.63, 3.8) is 0 Å². The molecule has 0 saturated carbocycles. The number of aryl methyl sites for hydroxylation is 2. The fraction of sp³-hybridized carbons (Fsp3) is 0.267. The summed E-state index contributed by atoms with van der Waals surface area (Å²) in [6, 6.07) is 18.4. The van der Waals surface area contributed by atoms with Crippen molar-refractivity contribution in [2.75, 3.05) is 0 Å². The summed E-state index contributed by atoms with van der Waals surface area (Å²) in [7, 11) is 0. The molecule has 1 aliphatic rings. The van der Waals surface area contributed by atoms with Gasteiger partial charge in [0.15, 0.2) is 11.6 Å². The van der Waals surface area contributed by atoms with Gasteiger partial charge < -0.3 is 0 Å². The van der Waals surface area contributed by atoms with E-state index >= 15 is 0 Å². The van der Waals surface area contributed by atoms with Crippen LogP contribution in [0.5, 0.6) is 0 Å². The van der Waals surface area contributed by atoms with Gasteiger partial charge in [-0.2, -0.15) is 0 Å². The first-order chi connectivity index (χ1) is 16.0. The zero-order valence-corrected chi connectivity index (χ0v) is 19.2. The lowest BCUT2D eigenvalue weighted by molar-refractivity contribution is 0.487. The lowest BCUT2D eigenvalue weighted by Gasteiger charge is -2.14. The van der Waals surface area contributed by atoms with Gasteiger partial charge in [0.1, 0.15) is 5.83 Å². The molecule has 33 heavy (non-hydrogen) atoms. The van der Waals surface area contributed by atoms with Crippen molar-refractivity contribution >= 4 is 0 Å². The van der Waals surface area contributed by atoms with E-state index in [4.69, 9.17) is 0 Å². The summed E-state index contributed by atoms with van der Waals surface area (Å²) in [5.41, 5.74) is 5.11. The number of halogens is 3. The van der Waals surface area contributed by atoms with Crippen LogP contribution in [0, 0.1) is 17.6 Å². The standard InChI is InChI=1S/C30H29F3/c1-3-4-21-9-13-24(14-10-21)26-17-18-27(30(33)29(26)32)25-15-11-22(12-16-25)7-8-23-6-5-20(2)28(31)19-23/h6,9-20H,3-5,7-8H2,1-2H3. The molecule has 0 saturated heterocycles. The van der Waals surface area contributed by atoms with Crippen LogP contribution in [0.25, 0.3) is 22.3 Å². The molecule has 0 fully saturated rings. The lowest BCUT2D eigenvalue weighted by atomic mass is 9.93. The third-order valence-corrected chi connectivity index (χ3v) is 6.38. The van der Waals surface area contributed by atoms with Gasteiger partial charge in [0, 0.05) is 17.0 Å². The Kier molecular flexibility index (Phi) is 7.17. The normalized spacial score (nSPS) is 15.8. The minimum absolute atomic E-state index is 0.0323. The predicted octanol–water partition coefficient (Wildman–Crippen LogP) is 9.00. The van der Waals surface area contributed by atoms with Crippen molar-refractivity contribution in [3.05, 3.63) is 107 Å². The molecule has 3 heteroatoms. The average Bonchev–Trinajstić information content (AvgIpc) is 2.83. The van der Waals surface area contributed by atoms with Crippen LogP contribution in [0.15, 0.2) is 84.2 Å².